The van der Waals surface area contributed by atoms with Crippen molar-refractivity contribution in [3.05, 3.63) is 45.3 Å². The Hall–Kier alpha value is -2.11. The monoisotopic (exact) mass is 487 g/mol. The third-order valence-electron chi connectivity index (χ3n) is 6.08. The summed E-state index contributed by atoms with van der Waals surface area (Å²) in [5.41, 5.74) is 6.87. The van der Waals surface area contributed by atoms with E-state index in [0.717, 1.165) is 23.9 Å². The van der Waals surface area contributed by atoms with Crippen LogP contribution in [0.25, 0.3) is 5.00 Å². The van der Waals surface area contributed by atoms with Gasteiger partial charge in [0.15, 0.2) is 5.16 Å². The molecule has 1 saturated heterocycles. The molecule has 2 aromatic heterocycles. The zero-order valence-electron chi connectivity index (χ0n) is 17.4. The maximum atomic E-state index is 12.5. The Morgan fingerprint density at radius 3 is 3.19 bits per heavy atom. The minimum absolute atomic E-state index is 0.0657. The summed E-state index contributed by atoms with van der Waals surface area (Å²) in [4.78, 5) is 14.0. The molecule has 1 aliphatic carbocycles. The van der Waals surface area contributed by atoms with Gasteiger partial charge in [-0.2, -0.15) is 0 Å². The van der Waals surface area contributed by atoms with Crippen LogP contribution in [-0.2, 0) is 17.6 Å². The normalized spacial score (nSPS) is 21.0. The Morgan fingerprint density at radius 2 is 2.31 bits per heavy atom. The third kappa shape index (κ3) is 3.41. The molecule has 3 N–H and O–H groups in total. The molecule has 0 spiro atoms. The van der Waals surface area contributed by atoms with E-state index in [9.17, 15) is 4.79 Å². The van der Waals surface area contributed by atoms with Gasteiger partial charge in [0.05, 0.1) is 12.4 Å². The van der Waals surface area contributed by atoms with Crippen molar-refractivity contribution in [1.82, 2.24) is 25.5 Å². The Labute approximate surface area is 198 Å². The Morgan fingerprint density at radius 1 is 1.41 bits per heavy atom. The van der Waals surface area contributed by atoms with E-state index in [1.165, 1.54) is 39.2 Å². The fourth-order valence-electron chi connectivity index (χ4n) is 4.62. The van der Waals surface area contributed by atoms with Crippen molar-refractivity contribution < 1.29 is 4.79 Å². The lowest BCUT2D eigenvalue weighted by atomic mass is 9.87. The van der Waals surface area contributed by atoms with Crippen LogP contribution < -0.4 is 21.1 Å². The van der Waals surface area contributed by atoms with Crippen LogP contribution in [0, 0.1) is 5.92 Å². The molecule has 1 aromatic carbocycles. The fourth-order valence-corrected chi connectivity index (χ4v) is 6.98. The van der Waals surface area contributed by atoms with Crippen molar-refractivity contribution in [2.75, 3.05) is 22.7 Å². The number of rotatable bonds is 4. The maximum Gasteiger partial charge on any atom is 0.249 e. The second kappa shape index (κ2) is 8.03. The number of nitrogens with zero attached hydrogens (tertiary/aromatic N) is 4. The van der Waals surface area contributed by atoms with E-state index in [-0.39, 0.29) is 17.8 Å². The number of hydrazine groups is 1. The van der Waals surface area contributed by atoms with Crippen molar-refractivity contribution in [2.45, 2.75) is 37.5 Å². The molecule has 32 heavy (non-hydrogen) atoms. The van der Waals surface area contributed by atoms with E-state index in [1.807, 2.05) is 23.5 Å². The van der Waals surface area contributed by atoms with Gasteiger partial charge in [-0.25, -0.2) is 9.99 Å². The maximum absolute atomic E-state index is 12.5. The number of anilines is 2. The van der Waals surface area contributed by atoms with Gasteiger partial charge in [-0.05, 0) is 48.9 Å². The van der Waals surface area contributed by atoms with E-state index >= 15 is 0 Å². The number of thiophene rings is 1. The highest BCUT2D eigenvalue weighted by atomic mass is 35.5. The summed E-state index contributed by atoms with van der Waals surface area (Å²) >= 11 is 9.26. The number of hydrogen-bond donors (Lipinski definition) is 3. The first-order valence-electron chi connectivity index (χ1n) is 10.6. The number of amides is 1. The average Bonchev–Trinajstić information content (AvgIpc) is 3.48. The molecular weight excluding hydrogens is 466 g/mol. The van der Waals surface area contributed by atoms with Crippen molar-refractivity contribution in [2.24, 2.45) is 5.92 Å². The number of fused-ring (bicyclic) bond motifs is 8. The van der Waals surface area contributed by atoms with Crippen molar-refractivity contribution in [1.29, 1.82) is 0 Å². The van der Waals surface area contributed by atoms with Gasteiger partial charge in [0.1, 0.15) is 11.2 Å². The lowest BCUT2D eigenvalue weighted by Gasteiger charge is -2.31. The molecule has 2 atom stereocenters. The van der Waals surface area contributed by atoms with Crippen LogP contribution in [-0.4, -0.2) is 33.1 Å². The lowest BCUT2D eigenvalue weighted by Crippen LogP contribution is -2.39. The number of hydrogen-bond acceptors (Lipinski definition) is 8. The fraction of sp³-hybridized carbons (Fsp3) is 0.381. The quantitative estimate of drug-likeness (QED) is 0.483. The zero-order chi connectivity index (χ0) is 21.8. The first-order valence-corrected chi connectivity index (χ1v) is 12.8. The number of aryl methyl sites for hydroxylation is 1. The minimum Gasteiger partial charge on any atom is -0.325 e. The van der Waals surface area contributed by atoms with Gasteiger partial charge in [-0.15, -0.1) is 21.5 Å². The highest BCUT2D eigenvalue weighted by molar-refractivity contribution is 7.99. The van der Waals surface area contributed by atoms with Crippen LogP contribution >= 0.6 is 34.7 Å². The van der Waals surface area contributed by atoms with Crippen LogP contribution in [0.3, 0.4) is 0 Å². The SMILES string of the molecule is C[C@H]1CCc2sc3c(c2C1)C1NCNN1c1nnc(SCC(=O)Nc2cccc(Cl)c2)n1-3. The molecule has 166 valence electrons. The zero-order valence-corrected chi connectivity index (χ0v) is 19.8. The first kappa shape index (κ1) is 20.5. The number of carbonyl (C=O) groups excluding carboxylic acids is 1. The van der Waals surface area contributed by atoms with Crippen LogP contribution in [0.15, 0.2) is 29.4 Å². The summed E-state index contributed by atoms with van der Waals surface area (Å²) in [5, 5.41) is 19.9. The van der Waals surface area contributed by atoms with Crippen LogP contribution in [0.1, 0.15) is 35.5 Å². The number of halogens is 1. The van der Waals surface area contributed by atoms with Gasteiger partial charge in [0.25, 0.3) is 0 Å². The molecule has 0 bridgehead atoms. The van der Waals surface area contributed by atoms with Gasteiger partial charge >= 0.3 is 0 Å². The van der Waals surface area contributed by atoms with E-state index in [2.05, 4.69) is 42.8 Å². The second-order valence-corrected chi connectivity index (χ2v) is 10.8. The molecular formula is C21H22ClN7OS2. The second-order valence-electron chi connectivity index (χ2n) is 8.35. The lowest BCUT2D eigenvalue weighted by molar-refractivity contribution is -0.113. The molecule has 6 rings (SSSR count). The molecule has 1 amide bonds. The first-order chi connectivity index (χ1) is 15.6. The summed E-state index contributed by atoms with van der Waals surface area (Å²) in [6.07, 6.45) is 3.52. The Bertz CT molecular complexity index is 1210. The molecule has 3 aromatic rings. The standard InChI is InChI=1S/C21H22ClN7OS2/c1-11-5-6-15-14(7-11)17-18-23-10-24-29(18)20-26-27-21(28(20)19(17)32-15)31-9-16(30)25-13-4-2-3-12(22)8-13/h2-4,8,11,18,23-24H,5-7,9-10H2,1H3,(H,25,30)/t11-,18?/m0/s1. The van der Waals surface area contributed by atoms with E-state index in [4.69, 9.17) is 11.6 Å². The van der Waals surface area contributed by atoms with Crippen LogP contribution in [0.4, 0.5) is 11.6 Å². The minimum atomic E-state index is -0.108. The number of nitrogens with one attached hydrogen (secondary N) is 3. The summed E-state index contributed by atoms with van der Waals surface area (Å²) in [6.45, 7) is 3.01. The van der Waals surface area contributed by atoms with Gasteiger partial charge in [-0.1, -0.05) is 36.4 Å². The molecule has 4 heterocycles. The average molecular weight is 488 g/mol. The van der Waals surface area contributed by atoms with Crippen molar-refractivity contribution in [3.8, 4) is 5.00 Å². The van der Waals surface area contributed by atoms with Gasteiger partial charge in [-0.3, -0.25) is 15.1 Å². The van der Waals surface area contributed by atoms with Crippen molar-refractivity contribution >= 4 is 52.2 Å². The Balaban J connectivity index is 1.30. The topological polar surface area (TPSA) is 87.1 Å². The smallest absolute Gasteiger partial charge is 0.249 e. The van der Waals surface area contributed by atoms with E-state index in [1.54, 1.807) is 12.1 Å². The summed E-state index contributed by atoms with van der Waals surface area (Å²) in [5.74, 6) is 1.58. The van der Waals surface area contributed by atoms with Gasteiger partial charge in [0.2, 0.25) is 11.9 Å². The van der Waals surface area contributed by atoms with E-state index < -0.39 is 0 Å². The molecule has 2 aliphatic heterocycles. The number of carbonyl (C=O) groups is 1. The summed E-state index contributed by atoms with van der Waals surface area (Å²) < 4.78 is 2.11. The Kier molecular flexibility index (Phi) is 5.14. The number of benzene rings is 1. The number of thioether (sulfide) groups is 1. The molecule has 1 unspecified atom stereocenters. The third-order valence-corrected chi connectivity index (χ3v) is 8.54. The highest BCUT2D eigenvalue weighted by Gasteiger charge is 2.42. The highest BCUT2D eigenvalue weighted by Crippen LogP contribution is 2.48. The predicted octanol–water partition coefficient (Wildman–Crippen LogP) is 3.72. The van der Waals surface area contributed by atoms with Crippen LogP contribution in [0.2, 0.25) is 5.02 Å². The molecule has 0 radical (unpaired) electrons. The van der Waals surface area contributed by atoms with E-state index in [0.29, 0.717) is 23.3 Å². The number of aromatic nitrogens is 3. The molecule has 1 fully saturated rings. The predicted molar refractivity (Wildman–Crippen MR) is 128 cm³/mol. The molecule has 3 aliphatic rings. The van der Waals surface area contributed by atoms with Crippen LogP contribution in [0.5, 0.6) is 0 Å². The summed E-state index contributed by atoms with van der Waals surface area (Å²) in [7, 11) is 0. The van der Waals surface area contributed by atoms with Gasteiger partial charge < -0.3 is 5.32 Å². The van der Waals surface area contributed by atoms with Gasteiger partial charge in [0, 0.05) is 21.2 Å². The molecule has 0 saturated carbocycles. The largest absolute Gasteiger partial charge is 0.325 e. The molecule has 11 heteroatoms. The summed E-state index contributed by atoms with van der Waals surface area (Å²) in [6, 6.07) is 7.15. The van der Waals surface area contributed by atoms with Crippen molar-refractivity contribution in [3.63, 3.8) is 0 Å². The molecule has 8 nitrogen and oxygen atoms in total.